The first-order valence-corrected chi connectivity index (χ1v) is 7.57. The summed E-state index contributed by atoms with van der Waals surface area (Å²) in [6.45, 7) is 11.7. The first-order valence-electron chi connectivity index (χ1n) is 6.69. The van der Waals surface area contributed by atoms with E-state index in [0.29, 0.717) is 6.04 Å². The topological polar surface area (TPSA) is 24.9 Å². The molecule has 0 saturated carbocycles. The second-order valence-electron chi connectivity index (χ2n) is 5.26. The molecule has 0 bridgehead atoms. The van der Waals surface area contributed by atoms with Gasteiger partial charge in [-0.15, -0.1) is 11.3 Å². The van der Waals surface area contributed by atoms with Gasteiger partial charge in [-0.3, -0.25) is 0 Å². The molecular weight excluding hydrogens is 252 g/mol. The molecule has 1 N–H and O–H groups in total. The fourth-order valence-corrected chi connectivity index (χ4v) is 3.03. The van der Waals surface area contributed by atoms with Gasteiger partial charge in [0, 0.05) is 17.5 Å². The van der Waals surface area contributed by atoms with Gasteiger partial charge in [0.05, 0.1) is 11.2 Å². The minimum absolute atomic E-state index is 0.362. The van der Waals surface area contributed by atoms with Crippen LogP contribution < -0.4 is 5.32 Å². The molecule has 2 aromatic rings. The maximum Gasteiger partial charge on any atom is 0.0798 e. The Balaban J connectivity index is 2.10. The van der Waals surface area contributed by atoms with Crippen molar-refractivity contribution in [2.24, 2.45) is 0 Å². The van der Waals surface area contributed by atoms with Crippen molar-refractivity contribution in [3.8, 4) is 0 Å². The van der Waals surface area contributed by atoms with Crippen molar-refractivity contribution in [3.63, 3.8) is 0 Å². The van der Waals surface area contributed by atoms with E-state index >= 15 is 0 Å². The van der Waals surface area contributed by atoms with E-state index in [0.717, 1.165) is 12.2 Å². The summed E-state index contributed by atoms with van der Waals surface area (Å²) in [6.07, 6.45) is 0. The molecule has 1 aromatic carbocycles. The smallest absolute Gasteiger partial charge is 0.0798 e. The number of thiazole rings is 1. The maximum atomic E-state index is 4.29. The summed E-state index contributed by atoms with van der Waals surface area (Å²) in [4.78, 5) is 5.62. The monoisotopic (exact) mass is 274 g/mol. The molecule has 1 atom stereocenters. The zero-order valence-corrected chi connectivity index (χ0v) is 13.2. The number of benzene rings is 1. The maximum absolute atomic E-state index is 4.29. The first-order chi connectivity index (χ1) is 8.99. The predicted molar refractivity (Wildman–Crippen MR) is 82.8 cm³/mol. The molecule has 1 unspecified atom stereocenters. The normalized spacial score (nSPS) is 12.7. The number of hydrogen-bond donors (Lipinski definition) is 1. The van der Waals surface area contributed by atoms with Crippen molar-refractivity contribution in [2.45, 2.75) is 47.2 Å². The van der Waals surface area contributed by atoms with Crippen LogP contribution in [-0.2, 0) is 6.54 Å². The molecule has 19 heavy (non-hydrogen) atoms. The van der Waals surface area contributed by atoms with E-state index in [1.165, 1.54) is 27.1 Å². The molecule has 0 radical (unpaired) electrons. The standard InChI is InChI=1S/C16H22N2S/c1-10-6-12(3)15(7-11(10)2)13(4)17-8-16-14(5)18-9-19-16/h6-7,9,13,17H,8H2,1-5H3. The van der Waals surface area contributed by atoms with Gasteiger partial charge in [-0.25, -0.2) is 4.98 Å². The van der Waals surface area contributed by atoms with Crippen LogP contribution >= 0.6 is 11.3 Å². The summed E-state index contributed by atoms with van der Waals surface area (Å²) in [5.74, 6) is 0. The molecule has 1 heterocycles. The van der Waals surface area contributed by atoms with Crippen LogP contribution in [0.5, 0.6) is 0 Å². The fourth-order valence-electron chi connectivity index (χ4n) is 2.30. The summed E-state index contributed by atoms with van der Waals surface area (Å²) in [7, 11) is 0. The van der Waals surface area contributed by atoms with E-state index in [2.05, 4.69) is 57.1 Å². The lowest BCUT2D eigenvalue weighted by Gasteiger charge is -2.18. The van der Waals surface area contributed by atoms with Crippen molar-refractivity contribution < 1.29 is 0 Å². The highest BCUT2D eigenvalue weighted by molar-refractivity contribution is 7.09. The summed E-state index contributed by atoms with van der Waals surface area (Å²) in [5, 5.41) is 3.60. The fraction of sp³-hybridized carbons (Fsp3) is 0.438. The van der Waals surface area contributed by atoms with Gasteiger partial charge in [-0.05, 0) is 56.9 Å². The zero-order chi connectivity index (χ0) is 14.0. The summed E-state index contributed by atoms with van der Waals surface area (Å²) in [6, 6.07) is 4.95. The van der Waals surface area contributed by atoms with Gasteiger partial charge >= 0.3 is 0 Å². The quantitative estimate of drug-likeness (QED) is 0.902. The molecule has 0 fully saturated rings. The van der Waals surface area contributed by atoms with E-state index in [1.807, 2.05) is 5.51 Å². The molecule has 102 valence electrons. The Labute approximate surface area is 119 Å². The summed E-state index contributed by atoms with van der Waals surface area (Å²) < 4.78 is 0. The number of nitrogens with one attached hydrogen (secondary N) is 1. The highest BCUT2D eigenvalue weighted by Gasteiger charge is 2.10. The van der Waals surface area contributed by atoms with Gasteiger partial charge in [0.15, 0.2) is 0 Å². The Morgan fingerprint density at radius 1 is 1.11 bits per heavy atom. The van der Waals surface area contributed by atoms with Crippen molar-refractivity contribution in [1.29, 1.82) is 0 Å². The van der Waals surface area contributed by atoms with E-state index in [1.54, 1.807) is 11.3 Å². The molecule has 0 aliphatic rings. The zero-order valence-electron chi connectivity index (χ0n) is 12.4. The van der Waals surface area contributed by atoms with Crippen molar-refractivity contribution >= 4 is 11.3 Å². The number of nitrogens with zero attached hydrogens (tertiary/aromatic N) is 1. The predicted octanol–water partition coefficient (Wildman–Crippen LogP) is 4.23. The van der Waals surface area contributed by atoms with Crippen LogP contribution in [0.25, 0.3) is 0 Å². The Bertz CT molecular complexity index is 572. The van der Waals surface area contributed by atoms with Crippen LogP contribution in [0.1, 0.15) is 45.8 Å². The molecular formula is C16H22N2S. The average Bonchev–Trinajstić information content (AvgIpc) is 2.76. The summed E-state index contributed by atoms with van der Waals surface area (Å²) >= 11 is 1.72. The van der Waals surface area contributed by atoms with E-state index in [4.69, 9.17) is 0 Å². The van der Waals surface area contributed by atoms with Crippen LogP contribution in [0.2, 0.25) is 0 Å². The highest BCUT2D eigenvalue weighted by Crippen LogP contribution is 2.22. The first kappa shape index (κ1) is 14.2. The van der Waals surface area contributed by atoms with Crippen LogP contribution in [0.15, 0.2) is 17.6 Å². The lowest BCUT2D eigenvalue weighted by atomic mass is 9.96. The second kappa shape index (κ2) is 5.85. The highest BCUT2D eigenvalue weighted by atomic mass is 32.1. The molecule has 0 saturated heterocycles. The third-order valence-electron chi connectivity index (χ3n) is 3.76. The number of rotatable bonds is 4. The van der Waals surface area contributed by atoms with Crippen molar-refractivity contribution in [3.05, 3.63) is 50.5 Å². The molecule has 2 nitrogen and oxygen atoms in total. The lowest BCUT2D eigenvalue weighted by molar-refractivity contribution is 0.574. The van der Waals surface area contributed by atoms with Crippen LogP contribution in [-0.4, -0.2) is 4.98 Å². The van der Waals surface area contributed by atoms with Gasteiger partial charge < -0.3 is 5.32 Å². The number of hydrogen-bond acceptors (Lipinski definition) is 3. The minimum atomic E-state index is 0.362. The largest absolute Gasteiger partial charge is 0.305 e. The summed E-state index contributed by atoms with van der Waals surface area (Å²) in [5.41, 5.74) is 8.55. The molecule has 0 aliphatic heterocycles. The van der Waals surface area contributed by atoms with Gasteiger partial charge in [0.25, 0.3) is 0 Å². The van der Waals surface area contributed by atoms with Crippen molar-refractivity contribution in [1.82, 2.24) is 10.3 Å². The van der Waals surface area contributed by atoms with E-state index in [-0.39, 0.29) is 0 Å². The molecule has 0 amide bonds. The molecule has 2 rings (SSSR count). The number of aryl methyl sites for hydroxylation is 4. The van der Waals surface area contributed by atoms with Crippen LogP contribution in [0.3, 0.4) is 0 Å². The van der Waals surface area contributed by atoms with Crippen LogP contribution in [0.4, 0.5) is 0 Å². The van der Waals surface area contributed by atoms with Gasteiger partial charge in [-0.1, -0.05) is 12.1 Å². The Morgan fingerprint density at radius 3 is 2.42 bits per heavy atom. The van der Waals surface area contributed by atoms with E-state index < -0.39 is 0 Å². The average molecular weight is 274 g/mol. The number of aromatic nitrogens is 1. The van der Waals surface area contributed by atoms with Gasteiger partial charge in [0.2, 0.25) is 0 Å². The Morgan fingerprint density at radius 2 is 1.79 bits per heavy atom. The molecule has 1 aromatic heterocycles. The Kier molecular flexibility index (Phi) is 4.38. The van der Waals surface area contributed by atoms with Crippen LogP contribution in [0, 0.1) is 27.7 Å². The molecule has 0 spiro atoms. The van der Waals surface area contributed by atoms with E-state index in [9.17, 15) is 0 Å². The molecule has 0 aliphatic carbocycles. The van der Waals surface area contributed by atoms with Crippen molar-refractivity contribution in [2.75, 3.05) is 0 Å². The van der Waals surface area contributed by atoms with Gasteiger partial charge in [-0.2, -0.15) is 0 Å². The molecule has 3 heteroatoms. The minimum Gasteiger partial charge on any atom is -0.305 e. The van der Waals surface area contributed by atoms with Gasteiger partial charge in [0.1, 0.15) is 0 Å². The lowest BCUT2D eigenvalue weighted by Crippen LogP contribution is -2.19. The third kappa shape index (κ3) is 3.23. The second-order valence-corrected chi connectivity index (χ2v) is 6.20. The Hall–Kier alpha value is -1.19. The third-order valence-corrected chi connectivity index (χ3v) is 4.70. The SMILES string of the molecule is Cc1cc(C)c(C(C)NCc2scnc2C)cc1C.